The fourth-order valence-corrected chi connectivity index (χ4v) is 4.57. The van der Waals surface area contributed by atoms with Gasteiger partial charge in [-0.1, -0.05) is 13.0 Å². The van der Waals surface area contributed by atoms with Crippen LogP contribution in [0.2, 0.25) is 0 Å². The average Bonchev–Trinajstić information content (AvgIpc) is 3.45. The maximum absolute atomic E-state index is 13.4. The second-order valence-electron chi connectivity index (χ2n) is 7.98. The molecular formula is C21H20N6O2. The Hall–Kier alpha value is -3.47. The zero-order valence-electron chi connectivity index (χ0n) is 16.2. The molecule has 29 heavy (non-hydrogen) atoms. The number of carbonyl (C=O) groups excluding carboxylic acids is 1. The van der Waals surface area contributed by atoms with Gasteiger partial charge < -0.3 is 0 Å². The van der Waals surface area contributed by atoms with Gasteiger partial charge in [0.25, 0.3) is 5.56 Å². The summed E-state index contributed by atoms with van der Waals surface area (Å²) < 4.78 is 3.14. The van der Waals surface area contributed by atoms with Crippen LogP contribution in [0.25, 0.3) is 16.7 Å². The highest BCUT2D eigenvalue weighted by Gasteiger charge is 2.61. The third-order valence-corrected chi connectivity index (χ3v) is 6.33. The Balaban J connectivity index is 1.70. The molecule has 1 saturated heterocycles. The highest BCUT2D eigenvalue weighted by atomic mass is 16.2. The fourth-order valence-electron chi connectivity index (χ4n) is 4.57. The molecule has 0 unspecified atom stereocenters. The summed E-state index contributed by atoms with van der Waals surface area (Å²) in [5, 5.41) is 15.4. The zero-order chi connectivity index (χ0) is 20.3. The summed E-state index contributed by atoms with van der Waals surface area (Å²) in [7, 11) is 1.68. The molecule has 0 bridgehead atoms. The maximum Gasteiger partial charge on any atom is 0.251 e. The lowest BCUT2D eigenvalue weighted by Gasteiger charge is -2.22. The highest BCUT2D eigenvalue weighted by Crippen LogP contribution is 2.54. The molecule has 2 fully saturated rings. The Kier molecular flexibility index (Phi) is 3.65. The first-order valence-corrected chi connectivity index (χ1v) is 9.71. The third kappa shape index (κ3) is 2.30. The normalized spacial score (nSPS) is 24.2. The number of hydrogen-bond acceptors (Lipinski definition) is 5. The van der Waals surface area contributed by atoms with Crippen LogP contribution in [0, 0.1) is 28.6 Å². The minimum atomic E-state index is -0.970. The number of pyridine rings is 2. The van der Waals surface area contributed by atoms with Crippen molar-refractivity contribution < 1.29 is 4.79 Å². The molecule has 2 aliphatic rings. The van der Waals surface area contributed by atoms with E-state index in [1.54, 1.807) is 41.2 Å². The van der Waals surface area contributed by atoms with Gasteiger partial charge >= 0.3 is 0 Å². The molecule has 8 nitrogen and oxygen atoms in total. The van der Waals surface area contributed by atoms with E-state index in [1.165, 1.54) is 10.6 Å². The van der Waals surface area contributed by atoms with Gasteiger partial charge in [0.15, 0.2) is 5.82 Å². The Morgan fingerprint density at radius 3 is 2.76 bits per heavy atom. The summed E-state index contributed by atoms with van der Waals surface area (Å²) in [5.74, 6) is 0.976. The molecule has 146 valence electrons. The first kappa shape index (κ1) is 17.6. The van der Waals surface area contributed by atoms with Gasteiger partial charge in [0, 0.05) is 37.2 Å². The summed E-state index contributed by atoms with van der Waals surface area (Å²) >= 11 is 0. The first-order valence-electron chi connectivity index (χ1n) is 9.71. The summed E-state index contributed by atoms with van der Waals surface area (Å²) in [5.41, 5.74) is -0.423. The molecule has 1 saturated carbocycles. The summed E-state index contributed by atoms with van der Waals surface area (Å²) in [4.78, 5) is 31.4. The minimum Gasteiger partial charge on any atom is -0.296 e. The van der Waals surface area contributed by atoms with E-state index in [1.807, 2.05) is 13.0 Å². The Labute approximate surface area is 167 Å². The van der Waals surface area contributed by atoms with Crippen molar-refractivity contribution in [1.82, 2.24) is 19.3 Å². The molecule has 0 aromatic carbocycles. The van der Waals surface area contributed by atoms with Gasteiger partial charge in [-0.15, -0.1) is 5.10 Å². The van der Waals surface area contributed by atoms with Crippen LogP contribution in [-0.4, -0.2) is 31.8 Å². The predicted octanol–water partition coefficient (Wildman–Crippen LogP) is 2.02. The van der Waals surface area contributed by atoms with Crippen LogP contribution < -0.4 is 10.5 Å². The molecule has 0 radical (unpaired) electrons. The van der Waals surface area contributed by atoms with Crippen molar-refractivity contribution in [2.45, 2.75) is 19.8 Å². The number of hydrogen-bond donors (Lipinski definition) is 0. The van der Waals surface area contributed by atoms with E-state index in [9.17, 15) is 14.9 Å². The van der Waals surface area contributed by atoms with Crippen LogP contribution in [0.1, 0.15) is 19.8 Å². The second-order valence-corrected chi connectivity index (χ2v) is 7.98. The number of anilines is 1. The maximum atomic E-state index is 13.4. The SMILES string of the molecule is C[C@@H]1CN(c2nn(-c3cccc(=O)n3C)c3cnccc23)C(=O)[C@]1(C#N)C1CC1. The van der Waals surface area contributed by atoms with Crippen molar-refractivity contribution in [1.29, 1.82) is 5.26 Å². The number of aromatic nitrogens is 4. The number of nitriles is 1. The Morgan fingerprint density at radius 1 is 1.24 bits per heavy atom. The molecule has 2 atom stereocenters. The lowest BCUT2D eigenvalue weighted by molar-refractivity contribution is -0.124. The van der Waals surface area contributed by atoms with Crippen molar-refractivity contribution >= 4 is 22.6 Å². The zero-order valence-corrected chi connectivity index (χ0v) is 16.2. The van der Waals surface area contributed by atoms with Crippen molar-refractivity contribution in [3.63, 3.8) is 0 Å². The molecule has 8 heteroatoms. The van der Waals surface area contributed by atoms with Gasteiger partial charge in [-0.3, -0.25) is 24.0 Å². The van der Waals surface area contributed by atoms with Crippen LogP contribution in [0.3, 0.4) is 0 Å². The standard InChI is InChI=1S/C21H20N6O2/c1-13-11-26(20(29)21(13,12-22)14-6-7-14)19-15-8-9-23-10-16(15)27(24-19)17-4-3-5-18(28)25(17)2/h3-5,8-10,13-14H,6-7,11H2,1-2H3/t13-,21+/m1/s1. The fraction of sp³-hybridized carbons (Fsp3) is 0.381. The highest BCUT2D eigenvalue weighted by molar-refractivity contribution is 6.07. The molecule has 1 aliphatic heterocycles. The van der Waals surface area contributed by atoms with Gasteiger partial charge in [-0.2, -0.15) is 5.26 Å². The minimum absolute atomic E-state index is 0.0735. The van der Waals surface area contributed by atoms with Crippen LogP contribution in [0.5, 0.6) is 0 Å². The summed E-state index contributed by atoms with van der Waals surface area (Å²) in [6.07, 6.45) is 5.17. The van der Waals surface area contributed by atoms with Crippen LogP contribution in [0.4, 0.5) is 5.82 Å². The molecule has 0 N–H and O–H groups in total. The molecule has 3 aromatic heterocycles. The van der Waals surface area contributed by atoms with E-state index >= 15 is 0 Å². The number of fused-ring (bicyclic) bond motifs is 1. The molecule has 1 aliphatic carbocycles. The van der Waals surface area contributed by atoms with Gasteiger partial charge in [0.2, 0.25) is 5.91 Å². The van der Waals surface area contributed by atoms with E-state index in [-0.39, 0.29) is 23.3 Å². The molecular weight excluding hydrogens is 368 g/mol. The lowest BCUT2D eigenvalue weighted by Crippen LogP contribution is -2.37. The van der Waals surface area contributed by atoms with Crippen molar-refractivity contribution in [3.8, 4) is 11.9 Å². The lowest BCUT2D eigenvalue weighted by atomic mass is 9.75. The van der Waals surface area contributed by atoms with Gasteiger partial charge in [0.05, 0.1) is 17.8 Å². The summed E-state index contributed by atoms with van der Waals surface area (Å²) in [6.45, 7) is 2.42. The van der Waals surface area contributed by atoms with Crippen LogP contribution >= 0.6 is 0 Å². The van der Waals surface area contributed by atoms with Gasteiger partial charge in [-0.05, 0) is 30.9 Å². The molecule has 3 aromatic rings. The van der Waals surface area contributed by atoms with E-state index < -0.39 is 5.41 Å². The van der Waals surface area contributed by atoms with Crippen molar-refractivity contribution in [2.24, 2.45) is 24.3 Å². The molecule has 4 heterocycles. The smallest absolute Gasteiger partial charge is 0.251 e. The van der Waals surface area contributed by atoms with Gasteiger partial charge in [-0.25, -0.2) is 4.68 Å². The van der Waals surface area contributed by atoms with Crippen molar-refractivity contribution in [2.75, 3.05) is 11.4 Å². The quantitative estimate of drug-likeness (QED) is 0.684. The monoisotopic (exact) mass is 388 g/mol. The number of carbonyl (C=O) groups is 1. The summed E-state index contributed by atoms with van der Waals surface area (Å²) in [6, 6.07) is 9.13. The number of nitrogens with zero attached hydrogens (tertiary/aromatic N) is 6. The number of rotatable bonds is 3. The van der Waals surface area contributed by atoms with E-state index in [0.717, 1.165) is 18.2 Å². The van der Waals surface area contributed by atoms with Crippen LogP contribution in [0.15, 0.2) is 41.5 Å². The molecule has 0 spiro atoms. The number of amides is 1. The third-order valence-electron chi connectivity index (χ3n) is 6.33. The van der Waals surface area contributed by atoms with Crippen molar-refractivity contribution in [3.05, 3.63) is 47.0 Å². The van der Waals surface area contributed by atoms with Crippen LogP contribution in [-0.2, 0) is 11.8 Å². The van der Waals surface area contributed by atoms with Gasteiger partial charge in [0.1, 0.15) is 11.2 Å². The Morgan fingerprint density at radius 2 is 2.03 bits per heavy atom. The molecule has 5 rings (SSSR count). The Bertz CT molecular complexity index is 1250. The second kappa shape index (κ2) is 6.01. The van der Waals surface area contributed by atoms with E-state index in [4.69, 9.17) is 5.10 Å². The predicted molar refractivity (Wildman–Crippen MR) is 106 cm³/mol. The van der Waals surface area contributed by atoms with E-state index in [0.29, 0.717) is 23.7 Å². The van der Waals surface area contributed by atoms with E-state index in [2.05, 4.69) is 11.1 Å². The largest absolute Gasteiger partial charge is 0.296 e. The topological polar surface area (TPSA) is 96.8 Å². The molecule has 1 amide bonds. The first-order chi connectivity index (χ1) is 14.0. The average molecular weight is 388 g/mol.